The van der Waals surface area contributed by atoms with Crippen LogP contribution in [0.5, 0.6) is 0 Å². The van der Waals surface area contributed by atoms with Crippen molar-refractivity contribution in [3.05, 3.63) is 41.2 Å². The zero-order chi connectivity index (χ0) is 12.7. The molecule has 0 spiro atoms. The Labute approximate surface area is 105 Å². The average Bonchev–Trinajstić information content (AvgIpc) is 2.92. The summed E-state index contributed by atoms with van der Waals surface area (Å²) in [5.41, 5.74) is 12.2. The number of benzene rings is 1. The highest BCUT2D eigenvalue weighted by Crippen LogP contribution is 2.31. The van der Waals surface area contributed by atoms with Gasteiger partial charge in [0.1, 0.15) is 0 Å². The SMILES string of the molecule is Cc1ccc2[nH]c(C)c(-c3cc(CN)[nH]n3)c2c1. The molecule has 0 fully saturated rings. The average molecular weight is 240 g/mol. The molecular formula is C14H16N4. The number of aromatic nitrogens is 3. The normalized spacial score (nSPS) is 11.3. The third-order valence-corrected chi connectivity index (χ3v) is 3.25. The van der Waals surface area contributed by atoms with Crippen molar-refractivity contribution in [3.8, 4) is 11.3 Å². The van der Waals surface area contributed by atoms with Crippen molar-refractivity contribution in [1.82, 2.24) is 15.2 Å². The van der Waals surface area contributed by atoms with Gasteiger partial charge in [0.2, 0.25) is 0 Å². The maximum Gasteiger partial charge on any atom is 0.0948 e. The van der Waals surface area contributed by atoms with Gasteiger partial charge in [-0.2, -0.15) is 5.10 Å². The predicted molar refractivity (Wildman–Crippen MR) is 73.2 cm³/mol. The first-order valence-corrected chi connectivity index (χ1v) is 6.02. The van der Waals surface area contributed by atoms with Crippen LogP contribution < -0.4 is 5.73 Å². The number of nitrogens with one attached hydrogen (secondary N) is 2. The lowest BCUT2D eigenvalue weighted by atomic mass is 10.1. The summed E-state index contributed by atoms with van der Waals surface area (Å²) >= 11 is 0. The van der Waals surface area contributed by atoms with Crippen LogP contribution in [0.25, 0.3) is 22.2 Å². The van der Waals surface area contributed by atoms with Gasteiger partial charge in [0.25, 0.3) is 0 Å². The van der Waals surface area contributed by atoms with E-state index in [1.165, 1.54) is 10.9 Å². The zero-order valence-electron chi connectivity index (χ0n) is 10.5. The molecule has 1 aromatic carbocycles. The molecule has 2 heterocycles. The van der Waals surface area contributed by atoms with Gasteiger partial charge >= 0.3 is 0 Å². The number of fused-ring (bicyclic) bond motifs is 1. The topological polar surface area (TPSA) is 70.5 Å². The highest BCUT2D eigenvalue weighted by atomic mass is 15.1. The maximum absolute atomic E-state index is 5.61. The number of aromatic amines is 2. The van der Waals surface area contributed by atoms with Gasteiger partial charge in [0.15, 0.2) is 0 Å². The lowest BCUT2D eigenvalue weighted by Gasteiger charge is -1.97. The second kappa shape index (κ2) is 3.99. The molecule has 4 nitrogen and oxygen atoms in total. The fourth-order valence-electron chi connectivity index (χ4n) is 2.36. The smallest absolute Gasteiger partial charge is 0.0948 e. The Morgan fingerprint density at radius 3 is 2.78 bits per heavy atom. The van der Waals surface area contributed by atoms with Crippen LogP contribution in [0, 0.1) is 13.8 Å². The lowest BCUT2D eigenvalue weighted by Crippen LogP contribution is -1.95. The molecule has 0 radical (unpaired) electrons. The lowest BCUT2D eigenvalue weighted by molar-refractivity contribution is 0.948. The summed E-state index contributed by atoms with van der Waals surface area (Å²) in [4.78, 5) is 3.39. The van der Waals surface area contributed by atoms with Crippen LogP contribution in [0.1, 0.15) is 17.0 Å². The van der Waals surface area contributed by atoms with E-state index in [2.05, 4.69) is 47.2 Å². The molecule has 18 heavy (non-hydrogen) atoms. The van der Waals surface area contributed by atoms with Crippen molar-refractivity contribution >= 4 is 10.9 Å². The van der Waals surface area contributed by atoms with E-state index in [4.69, 9.17) is 5.73 Å². The molecule has 4 heteroatoms. The first kappa shape index (κ1) is 11.0. The second-order valence-corrected chi connectivity index (χ2v) is 4.66. The van der Waals surface area contributed by atoms with Crippen molar-refractivity contribution in [2.24, 2.45) is 5.73 Å². The molecule has 0 aliphatic rings. The standard InChI is InChI=1S/C14H16N4/c1-8-3-4-12-11(5-8)14(9(2)16-12)13-6-10(7-15)17-18-13/h3-6,16H,7,15H2,1-2H3,(H,17,18). The Bertz CT molecular complexity index is 706. The molecule has 0 bridgehead atoms. The molecule has 0 unspecified atom stereocenters. The quantitative estimate of drug-likeness (QED) is 0.644. The van der Waals surface area contributed by atoms with Crippen molar-refractivity contribution in [3.63, 3.8) is 0 Å². The van der Waals surface area contributed by atoms with Crippen LogP contribution in [0.15, 0.2) is 24.3 Å². The van der Waals surface area contributed by atoms with Gasteiger partial charge in [-0.1, -0.05) is 11.6 Å². The Morgan fingerprint density at radius 1 is 1.22 bits per heavy atom. The minimum absolute atomic E-state index is 0.480. The van der Waals surface area contributed by atoms with Crippen molar-refractivity contribution in [2.75, 3.05) is 0 Å². The van der Waals surface area contributed by atoms with Crippen molar-refractivity contribution < 1.29 is 0 Å². The van der Waals surface area contributed by atoms with Crippen LogP contribution >= 0.6 is 0 Å². The Kier molecular flexibility index (Phi) is 2.45. The summed E-state index contributed by atoms with van der Waals surface area (Å²) in [5.74, 6) is 0. The van der Waals surface area contributed by atoms with Crippen LogP contribution in [-0.4, -0.2) is 15.2 Å². The van der Waals surface area contributed by atoms with Gasteiger partial charge in [0.05, 0.1) is 5.69 Å². The fraction of sp³-hybridized carbons (Fsp3) is 0.214. The molecule has 0 amide bonds. The molecule has 0 aliphatic heterocycles. The number of aryl methyl sites for hydroxylation is 2. The largest absolute Gasteiger partial charge is 0.358 e. The zero-order valence-corrected chi connectivity index (χ0v) is 10.5. The Balaban J connectivity index is 2.26. The number of rotatable bonds is 2. The van der Waals surface area contributed by atoms with E-state index in [1.54, 1.807) is 0 Å². The maximum atomic E-state index is 5.61. The van der Waals surface area contributed by atoms with Gasteiger partial charge in [0, 0.05) is 34.4 Å². The number of nitrogens with two attached hydrogens (primary N) is 1. The number of hydrogen-bond acceptors (Lipinski definition) is 2. The van der Waals surface area contributed by atoms with Gasteiger partial charge in [-0.05, 0) is 32.0 Å². The van der Waals surface area contributed by atoms with E-state index < -0.39 is 0 Å². The van der Waals surface area contributed by atoms with Gasteiger partial charge in [-0.25, -0.2) is 0 Å². The van der Waals surface area contributed by atoms with E-state index >= 15 is 0 Å². The van der Waals surface area contributed by atoms with E-state index in [0.29, 0.717) is 6.54 Å². The third kappa shape index (κ3) is 1.62. The highest BCUT2D eigenvalue weighted by molar-refractivity contribution is 5.96. The summed E-state index contributed by atoms with van der Waals surface area (Å²) < 4.78 is 0. The fourth-order valence-corrected chi connectivity index (χ4v) is 2.36. The van der Waals surface area contributed by atoms with E-state index in [0.717, 1.165) is 28.2 Å². The molecular weight excluding hydrogens is 224 g/mol. The summed E-state index contributed by atoms with van der Waals surface area (Å²) in [6.45, 7) is 4.65. The van der Waals surface area contributed by atoms with Crippen LogP contribution in [0.3, 0.4) is 0 Å². The van der Waals surface area contributed by atoms with Crippen molar-refractivity contribution in [1.29, 1.82) is 0 Å². The predicted octanol–water partition coefficient (Wildman–Crippen LogP) is 2.63. The first-order chi connectivity index (χ1) is 8.69. The van der Waals surface area contributed by atoms with Gasteiger partial charge < -0.3 is 10.7 Å². The number of hydrogen-bond donors (Lipinski definition) is 3. The molecule has 0 aliphatic carbocycles. The van der Waals surface area contributed by atoms with Crippen LogP contribution in [-0.2, 0) is 6.54 Å². The molecule has 92 valence electrons. The second-order valence-electron chi connectivity index (χ2n) is 4.66. The highest BCUT2D eigenvalue weighted by Gasteiger charge is 2.13. The van der Waals surface area contributed by atoms with Gasteiger partial charge in [-0.15, -0.1) is 0 Å². The van der Waals surface area contributed by atoms with E-state index in [-0.39, 0.29) is 0 Å². The molecule has 3 rings (SSSR count). The summed E-state index contributed by atoms with van der Waals surface area (Å²) in [7, 11) is 0. The molecule has 0 saturated heterocycles. The minimum atomic E-state index is 0.480. The van der Waals surface area contributed by atoms with E-state index in [1.807, 2.05) is 6.07 Å². The summed E-state index contributed by atoms with van der Waals surface area (Å²) in [5, 5.41) is 8.52. The van der Waals surface area contributed by atoms with Gasteiger partial charge in [-0.3, -0.25) is 5.10 Å². The molecule has 4 N–H and O–H groups in total. The van der Waals surface area contributed by atoms with Crippen LogP contribution in [0.4, 0.5) is 0 Å². The Hall–Kier alpha value is -2.07. The third-order valence-electron chi connectivity index (χ3n) is 3.25. The van der Waals surface area contributed by atoms with Crippen LogP contribution in [0.2, 0.25) is 0 Å². The van der Waals surface area contributed by atoms with Crippen molar-refractivity contribution in [2.45, 2.75) is 20.4 Å². The summed E-state index contributed by atoms with van der Waals surface area (Å²) in [6.07, 6.45) is 0. The summed E-state index contributed by atoms with van der Waals surface area (Å²) in [6, 6.07) is 8.42. The molecule has 3 aromatic rings. The molecule has 2 aromatic heterocycles. The molecule has 0 saturated carbocycles. The monoisotopic (exact) mass is 240 g/mol. The number of H-pyrrole nitrogens is 2. The first-order valence-electron chi connectivity index (χ1n) is 6.02. The number of nitrogens with zero attached hydrogens (tertiary/aromatic N) is 1. The molecule has 0 atom stereocenters. The Morgan fingerprint density at radius 2 is 2.06 bits per heavy atom. The van der Waals surface area contributed by atoms with E-state index in [9.17, 15) is 0 Å². The minimum Gasteiger partial charge on any atom is -0.358 e.